The highest BCUT2D eigenvalue weighted by Crippen LogP contribution is 2.28. The van der Waals surface area contributed by atoms with E-state index in [1.165, 1.54) is 44.1 Å². The van der Waals surface area contributed by atoms with E-state index in [0.717, 1.165) is 18.4 Å². The highest BCUT2D eigenvalue weighted by molar-refractivity contribution is 5.85. The number of fused-ring (bicyclic) bond motifs is 1. The second-order valence-electron chi connectivity index (χ2n) is 11.1. The van der Waals surface area contributed by atoms with Crippen LogP contribution in [0.5, 0.6) is 0 Å². The van der Waals surface area contributed by atoms with Crippen molar-refractivity contribution in [2.45, 2.75) is 71.9 Å². The molecule has 1 aliphatic rings. The number of hydrogen-bond acceptors (Lipinski definition) is 4. The molecule has 0 atom stereocenters. The van der Waals surface area contributed by atoms with Crippen LogP contribution in [0.3, 0.4) is 0 Å². The van der Waals surface area contributed by atoms with Gasteiger partial charge in [-0.15, -0.1) is 0 Å². The molecule has 208 valence electrons. The first kappa shape index (κ1) is 28.5. The van der Waals surface area contributed by atoms with Gasteiger partial charge in [0.15, 0.2) is 5.43 Å². The monoisotopic (exact) mass is 534 g/mol. The van der Waals surface area contributed by atoms with E-state index >= 15 is 0 Å². The predicted molar refractivity (Wildman–Crippen MR) is 150 cm³/mol. The Morgan fingerprint density at radius 2 is 1.69 bits per heavy atom. The van der Waals surface area contributed by atoms with Gasteiger partial charge in [0.2, 0.25) is 11.8 Å². The minimum Gasteiger partial charge on any atom is -0.464 e. The molecule has 0 saturated heterocycles. The highest BCUT2D eigenvalue weighted by atomic mass is 19.1. The van der Waals surface area contributed by atoms with E-state index < -0.39 is 0 Å². The summed E-state index contributed by atoms with van der Waals surface area (Å²) in [7, 11) is 0. The normalized spacial score (nSPS) is 13.7. The lowest BCUT2D eigenvalue weighted by molar-refractivity contribution is -0.141. The second-order valence-corrected chi connectivity index (χ2v) is 11.1. The first-order valence-electron chi connectivity index (χ1n) is 14.1. The van der Waals surface area contributed by atoms with Gasteiger partial charge >= 0.3 is 0 Å². The third kappa shape index (κ3) is 8.01. The van der Waals surface area contributed by atoms with Crippen molar-refractivity contribution in [2.24, 2.45) is 11.8 Å². The van der Waals surface area contributed by atoms with E-state index in [9.17, 15) is 18.8 Å². The fourth-order valence-electron chi connectivity index (χ4n) is 5.23. The number of carbonyl (C=O) groups excluding carboxylic acids is 2. The van der Waals surface area contributed by atoms with Crippen molar-refractivity contribution < 1.29 is 18.4 Å². The average Bonchev–Trinajstić information content (AvgIpc) is 3.45. The van der Waals surface area contributed by atoms with Crippen LogP contribution in [0.2, 0.25) is 0 Å². The van der Waals surface area contributed by atoms with Crippen molar-refractivity contribution in [3.8, 4) is 0 Å². The van der Waals surface area contributed by atoms with E-state index in [1.807, 2.05) is 0 Å². The Hall–Kier alpha value is -3.48. The molecular weight excluding hydrogens is 495 g/mol. The van der Waals surface area contributed by atoms with Crippen LogP contribution in [0.1, 0.15) is 69.9 Å². The number of halogens is 1. The minimum absolute atomic E-state index is 0.00264. The molecule has 1 saturated carbocycles. The van der Waals surface area contributed by atoms with Crippen molar-refractivity contribution in [3.63, 3.8) is 0 Å². The summed E-state index contributed by atoms with van der Waals surface area (Å²) in [5.41, 5.74) is 1.37. The third-order valence-electron chi connectivity index (χ3n) is 7.65. The van der Waals surface area contributed by atoms with Gasteiger partial charge in [-0.3, -0.25) is 14.4 Å². The van der Waals surface area contributed by atoms with Crippen LogP contribution in [0, 0.1) is 17.7 Å². The third-order valence-corrected chi connectivity index (χ3v) is 7.65. The van der Waals surface area contributed by atoms with Gasteiger partial charge in [0, 0.05) is 19.5 Å². The number of benzene rings is 2. The van der Waals surface area contributed by atoms with Crippen LogP contribution < -0.4 is 5.43 Å². The maximum absolute atomic E-state index is 13.7. The molecule has 2 amide bonds. The molecular formula is C32H39FN2O4. The van der Waals surface area contributed by atoms with Gasteiger partial charge in [-0.05, 0) is 54.5 Å². The molecule has 0 unspecified atom stereocenters. The largest absolute Gasteiger partial charge is 0.464 e. The summed E-state index contributed by atoms with van der Waals surface area (Å²) in [6.45, 7) is 4.86. The van der Waals surface area contributed by atoms with Gasteiger partial charge in [-0.2, -0.15) is 0 Å². The van der Waals surface area contributed by atoms with Gasteiger partial charge in [0.1, 0.15) is 11.4 Å². The molecule has 1 aliphatic carbocycles. The van der Waals surface area contributed by atoms with Crippen LogP contribution in [-0.4, -0.2) is 34.7 Å². The zero-order valence-corrected chi connectivity index (χ0v) is 23.0. The zero-order chi connectivity index (χ0) is 27.8. The predicted octanol–water partition coefficient (Wildman–Crippen LogP) is 6.31. The van der Waals surface area contributed by atoms with Crippen molar-refractivity contribution >= 4 is 22.8 Å². The molecule has 1 aromatic heterocycles. The Labute approximate surface area is 229 Å². The fraction of sp³-hybridized carbons (Fsp3) is 0.469. The van der Waals surface area contributed by atoms with Gasteiger partial charge in [-0.25, -0.2) is 4.39 Å². The van der Waals surface area contributed by atoms with E-state index in [0.29, 0.717) is 41.3 Å². The first-order valence-corrected chi connectivity index (χ1v) is 14.1. The van der Waals surface area contributed by atoms with Crippen LogP contribution in [0.4, 0.5) is 4.39 Å². The van der Waals surface area contributed by atoms with E-state index in [1.54, 1.807) is 46.2 Å². The van der Waals surface area contributed by atoms with Gasteiger partial charge in [0.05, 0.1) is 30.3 Å². The molecule has 39 heavy (non-hydrogen) atoms. The van der Waals surface area contributed by atoms with E-state index in [-0.39, 0.29) is 42.7 Å². The smallest absolute Gasteiger partial charge is 0.242 e. The summed E-state index contributed by atoms with van der Waals surface area (Å²) in [5.74, 6) is 0.369. The molecule has 0 spiro atoms. The lowest BCUT2D eigenvalue weighted by Crippen LogP contribution is -2.43. The van der Waals surface area contributed by atoms with Crippen molar-refractivity contribution in [2.75, 3.05) is 13.1 Å². The van der Waals surface area contributed by atoms with Gasteiger partial charge in [-0.1, -0.05) is 63.8 Å². The number of amides is 2. The Balaban J connectivity index is 1.54. The summed E-state index contributed by atoms with van der Waals surface area (Å²) in [4.78, 5) is 43.4. The lowest BCUT2D eigenvalue weighted by Gasteiger charge is -2.28. The van der Waals surface area contributed by atoms with Crippen molar-refractivity contribution in [3.05, 3.63) is 82.0 Å². The fourth-order valence-corrected chi connectivity index (χ4v) is 5.23. The Bertz CT molecular complexity index is 1310. The summed E-state index contributed by atoms with van der Waals surface area (Å²) < 4.78 is 19.2. The number of para-hydroxylation sites is 1. The Morgan fingerprint density at radius 1 is 0.974 bits per heavy atom. The molecule has 1 fully saturated rings. The quantitative estimate of drug-likeness (QED) is 0.273. The molecule has 1 heterocycles. The SMILES string of the molecule is CC(C)CCN(CC(=O)N(Cc1ccc(F)cc1)Cc1coc2ccccc2c1=O)C(=O)CCC1CCCC1. The lowest BCUT2D eigenvalue weighted by atomic mass is 10.0. The number of hydrogen-bond donors (Lipinski definition) is 0. The van der Waals surface area contributed by atoms with E-state index in [2.05, 4.69) is 13.8 Å². The molecule has 6 nitrogen and oxygen atoms in total. The standard InChI is InChI=1S/C32H39FN2O4/c1-23(2)17-18-34(30(36)16-13-24-7-3-4-8-24)21-31(37)35(19-25-11-14-27(33)15-12-25)20-26-22-39-29-10-6-5-9-28(29)32(26)38/h5-6,9-12,14-15,22-24H,3-4,7-8,13,16-21H2,1-2H3. The summed E-state index contributed by atoms with van der Waals surface area (Å²) >= 11 is 0. The maximum atomic E-state index is 13.7. The number of rotatable bonds is 12. The van der Waals surface area contributed by atoms with Crippen LogP contribution in [-0.2, 0) is 22.7 Å². The summed E-state index contributed by atoms with van der Waals surface area (Å²) in [6.07, 6.45) is 8.33. The molecule has 0 aliphatic heterocycles. The topological polar surface area (TPSA) is 70.8 Å². The van der Waals surface area contributed by atoms with Gasteiger partial charge < -0.3 is 14.2 Å². The molecule has 4 rings (SSSR count). The van der Waals surface area contributed by atoms with Crippen molar-refractivity contribution in [1.29, 1.82) is 0 Å². The number of carbonyl (C=O) groups is 2. The van der Waals surface area contributed by atoms with Crippen molar-refractivity contribution in [1.82, 2.24) is 9.80 Å². The second kappa shape index (κ2) is 13.5. The minimum atomic E-state index is -0.362. The van der Waals surface area contributed by atoms with E-state index in [4.69, 9.17) is 4.42 Å². The Kier molecular flexibility index (Phi) is 9.90. The molecule has 3 aromatic rings. The Morgan fingerprint density at radius 3 is 2.41 bits per heavy atom. The van der Waals surface area contributed by atoms with Crippen LogP contribution in [0.25, 0.3) is 11.0 Å². The zero-order valence-electron chi connectivity index (χ0n) is 23.0. The summed E-state index contributed by atoms with van der Waals surface area (Å²) in [5, 5.41) is 0.449. The maximum Gasteiger partial charge on any atom is 0.242 e. The van der Waals surface area contributed by atoms with Crippen LogP contribution in [0.15, 0.2) is 64.0 Å². The highest BCUT2D eigenvalue weighted by Gasteiger charge is 2.24. The van der Waals surface area contributed by atoms with Gasteiger partial charge in [0.25, 0.3) is 0 Å². The molecule has 7 heteroatoms. The first-order chi connectivity index (χ1) is 18.8. The van der Waals surface area contributed by atoms with Crippen LogP contribution >= 0.6 is 0 Å². The molecule has 2 aromatic carbocycles. The molecule has 0 radical (unpaired) electrons. The summed E-state index contributed by atoms with van der Waals surface area (Å²) in [6, 6.07) is 13.0. The molecule has 0 N–H and O–H groups in total. The average molecular weight is 535 g/mol. The molecule has 0 bridgehead atoms. The number of nitrogens with zero attached hydrogens (tertiary/aromatic N) is 2.